The van der Waals surface area contributed by atoms with E-state index in [1.54, 1.807) is 20.8 Å². The number of hydrazine groups is 1. The Kier molecular flexibility index (Phi) is 12.2. The molecule has 0 bridgehead atoms. The van der Waals surface area contributed by atoms with Gasteiger partial charge < -0.3 is 15.0 Å². The topological polar surface area (TPSA) is 87.3 Å². The Morgan fingerprint density at radius 3 is 2.38 bits per heavy atom. The van der Waals surface area contributed by atoms with Crippen molar-refractivity contribution in [1.29, 1.82) is 0 Å². The van der Waals surface area contributed by atoms with Gasteiger partial charge in [-0.3, -0.25) is 10.2 Å². The van der Waals surface area contributed by atoms with E-state index in [-0.39, 0.29) is 16.7 Å². The van der Waals surface area contributed by atoms with Crippen LogP contribution in [0.2, 0.25) is 0 Å². The van der Waals surface area contributed by atoms with Crippen molar-refractivity contribution in [3.8, 4) is 0 Å². The van der Waals surface area contributed by atoms with Crippen LogP contribution in [0.4, 0.5) is 16.2 Å². The molecule has 0 fully saturated rings. The second-order valence-corrected chi connectivity index (χ2v) is 13.9. The van der Waals surface area contributed by atoms with Gasteiger partial charge in [0.05, 0.1) is 6.54 Å². The molecule has 0 aliphatic carbocycles. The number of ether oxygens (including phenoxy) is 1. The number of nitrogens with zero attached hydrogens (tertiary/aromatic N) is 1. The predicted molar refractivity (Wildman–Crippen MR) is 185 cm³/mol. The first kappa shape index (κ1) is 35.6. The molecular formula is C38H55N4O3+. The number of benzene rings is 2. The number of hydrogen-bond acceptors (Lipinski definition) is 4. The van der Waals surface area contributed by atoms with E-state index in [1.807, 2.05) is 0 Å². The van der Waals surface area contributed by atoms with Crippen LogP contribution in [-0.2, 0) is 20.4 Å². The van der Waals surface area contributed by atoms with Gasteiger partial charge in [-0.2, -0.15) is 0 Å². The molecule has 0 atom stereocenters. The lowest BCUT2D eigenvalue weighted by Crippen LogP contribution is -2.78. The predicted octanol–water partition coefficient (Wildman–Crippen LogP) is 7.48. The van der Waals surface area contributed by atoms with E-state index in [4.69, 9.17) is 4.74 Å². The minimum absolute atomic E-state index is 0.0602. The summed E-state index contributed by atoms with van der Waals surface area (Å²) in [6.45, 7) is 23.1. The van der Waals surface area contributed by atoms with E-state index in [0.717, 1.165) is 44.3 Å². The quantitative estimate of drug-likeness (QED) is 0.0944. The van der Waals surface area contributed by atoms with Crippen molar-refractivity contribution in [2.24, 2.45) is 0 Å². The maximum Gasteiger partial charge on any atom is 0.426 e. The van der Waals surface area contributed by atoms with Crippen LogP contribution >= 0.6 is 0 Å². The molecule has 0 saturated carbocycles. The van der Waals surface area contributed by atoms with Crippen molar-refractivity contribution in [3.63, 3.8) is 0 Å². The number of para-hydroxylation sites is 2. The Bertz CT molecular complexity index is 1400. The van der Waals surface area contributed by atoms with E-state index in [0.29, 0.717) is 6.42 Å². The summed E-state index contributed by atoms with van der Waals surface area (Å²) in [7, 11) is 0. The highest BCUT2D eigenvalue weighted by Crippen LogP contribution is 2.47. The van der Waals surface area contributed by atoms with Gasteiger partial charge in [0.2, 0.25) is 5.91 Å². The molecule has 3 rings (SSSR count). The number of amides is 2. The lowest BCUT2D eigenvalue weighted by molar-refractivity contribution is -0.572. The molecule has 1 heterocycles. The van der Waals surface area contributed by atoms with Gasteiger partial charge in [-0.25, -0.2) is 10.2 Å². The van der Waals surface area contributed by atoms with E-state index in [1.165, 1.54) is 28.2 Å². The monoisotopic (exact) mass is 615 g/mol. The normalized spacial score (nSPS) is 15.3. The van der Waals surface area contributed by atoms with E-state index in [2.05, 4.69) is 129 Å². The summed E-state index contributed by atoms with van der Waals surface area (Å²) in [6, 6.07) is 17.3. The summed E-state index contributed by atoms with van der Waals surface area (Å²) in [6.07, 6.45) is 10.0. The number of quaternary nitrogens is 1. The summed E-state index contributed by atoms with van der Waals surface area (Å²) in [4.78, 5) is 26.2. The minimum Gasteiger partial charge on any atom is -0.443 e. The Hall–Kier alpha value is -3.84. The molecule has 1 aliphatic rings. The number of carbonyl (C=O) groups excluding carboxylic acids is 2. The van der Waals surface area contributed by atoms with Crippen LogP contribution in [0.3, 0.4) is 0 Å². The fourth-order valence-corrected chi connectivity index (χ4v) is 5.84. The van der Waals surface area contributed by atoms with Crippen molar-refractivity contribution < 1.29 is 19.6 Å². The van der Waals surface area contributed by atoms with E-state index >= 15 is 0 Å². The summed E-state index contributed by atoms with van der Waals surface area (Å²) in [5.41, 5.74) is 11.3. The van der Waals surface area contributed by atoms with Gasteiger partial charge >= 0.3 is 6.09 Å². The molecule has 244 valence electrons. The van der Waals surface area contributed by atoms with Crippen molar-refractivity contribution in [2.45, 2.75) is 104 Å². The molecule has 0 aromatic heterocycles. The molecular weight excluding hydrogens is 560 g/mol. The molecule has 0 spiro atoms. The van der Waals surface area contributed by atoms with Crippen LogP contribution in [0.15, 0.2) is 84.6 Å². The average molecular weight is 616 g/mol. The number of allylic oxidation sites excluding steroid dienone is 5. The maximum atomic E-state index is 12.1. The summed E-state index contributed by atoms with van der Waals surface area (Å²) in [5, 5.41) is 2.29. The fourth-order valence-electron chi connectivity index (χ4n) is 5.84. The lowest BCUT2D eigenvalue weighted by Gasteiger charge is -2.28. The second kappa shape index (κ2) is 15.4. The van der Waals surface area contributed by atoms with E-state index in [9.17, 15) is 9.59 Å². The molecule has 2 aromatic rings. The van der Waals surface area contributed by atoms with Crippen LogP contribution < -0.4 is 21.1 Å². The SMILES string of the molecule is C=C(C=CC=C1N(CCC)c2ccccc2C1(C)C)C(C)(C)c1ccccc1[NH2+]CCCCCC(=O)NNC(=O)OC(C)(C)C. The van der Waals surface area contributed by atoms with Gasteiger partial charge in [0, 0.05) is 40.7 Å². The molecule has 0 radical (unpaired) electrons. The van der Waals surface area contributed by atoms with Crippen molar-refractivity contribution in [3.05, 3.63) is 95.7 Å². The molecule has 2 aromatic carbocycles. The Morgan fingerprint density at radius 2 is 1.67 bits per heavy atom. The molecule has 0 unspecified atom stereocenters. The van der Waals surface area contributed by atoms with Crippen LogP contribution in [0.1, 0.15) is 98.6 Å². The lowest BCUT2D eigenvalue weighted by atomic mass is 9.77. The molecule has 45 heavy (non-hydrogen) atoms. The summed E-state index contributed by atoms with van der Waals surface area (Å²) < 4.78 is 5.12. The first-order valence-electron chi connectivity index (χ1n) is 16.3. The highest BCUT2D eigenvalue weighted by molar-refractivity contribution is 5.79. The smallest absolute Gasteiger partial charge is 0.426 e. The minimum atomic E-state index is -0.662. The third kappa shape index (κ3) is 9.57. The number of anilines is 1. The zero-order valence-electron chi connectivity index (χ0n) is 28.8. The van der Waals surface area contributed by atoms with Crippen molar-refractivity contribution >= 4 is 23.4 Å². The number of hydrogen-bond donors (Lipinski definition) is 3. The zero-order chi connectivity index (χ0) is 33.3. The van der Waals surface area contributed by atoms with Crippen molar-refractivity contribution in [2.75, 3.05) is 18.0 Å². The van der Waals surface area contributed by atoms with Gasteiger partial charge in [0.15, 0.2) is 0 Å². The van der Waals surface area contributed by atoms with Crippen LogP contribution in [-0.4, -0.2) is 30.7 Å². The van der Waals surface area contributed by atoms with Crippen LogP contribution in [0.25, 0.3) is 0 Å². The van der Waals surface area contributed by atoms with Crippen molar-refractivity contribution in [1.82, 2.24) is 10.9 Å². The number of carbonyl (C=O) groups is 2. The first-order valence-corrected chi connectivity index (χ1v) is 16.3. The molecule has 2 amide bonds. The Morgan fingerprint density at radius 1 is 0.978 bits per heavy atom. The number of rotatable bonds is 13. The highest BCUT2D eigenvalue weighted by atomic mass is 16.6. The van der Waals surface area contributed by atoms with Gasteiger partial charge in [-0.05, 0) is 75.8 Å². The van der Waals surface area contributed by atoms with E-state index < -0.39 is 11.7 Å². The maximum absolute atomic E-state index is 12.1. The molecule has 4 N–H and O–H groups in total. The second-order valence-electron chi connectivity index (χ2n) is 13.9. The molecule has 0 saturated heterocycles. The first-order chi connectivity index (χ1) is 21.2. The molecule has 1 aliphatic heterocycles. The number of nitrogens with one attached hydrogen (secondary N) is 2. The highest BCUT2D eigenvalue weighted by Gasteiger charge is 2.39. The molecule has 7 heteroatoms. The van der Waals surface area contributed by atoms with Crippen LogP contribution in [0, 0.1) is 0 Å². The number of fused-ring (bicyclic) bond motifs is 1. The largest absolute Gasteiger partial charge is 0.443 e. The third-order valence-electron chi connectivity index (χ3n) is 8.41. The van der Waals surface area contributed by atoms with Crippen LogP contribution in [0.5, 0.6) is 0 Å². The zero-order valence-corrected chi connectivity index (χ0v) is 28.8. The average Bonchev–Trinajstić information content (AvgIpc) is 3.18. The Labute approximate surface area is 271 Å². The molecule has 7 nitrogen and oxygen atoms in total. The fraction of sp³-hybridized carbons (Fsp3) is 0.474. The van der Waals surface area contributed by atoms with Gasteiger partial charge in [-0.15, -0.1) is 0 Å². The summed E-state index contributed by atoms with van der Waals surface area (Å²) in [5.74, 6) is -0.224. The third-order valence-corrected chi connectivity index (χ3v) is 8.41. The van der Waals surface area contributed by atoms with Gasteiger partial charge in [0.25, 0.3) is 0 Å². The number of nitrogens with two attached hydrogens (primary N) is 1. The van der Waals surface area contributed by atoms with Gasteiger partial charge in [0.1, 0.15) is 11.3 Å². The standard InChI is InChI=1S/C38H54N4O3/c1-10-27-42-32-23-16-14-21-30(32)38(8,9)33(42)24-18-19-28(2)37(6,7)29-20-13-15-22-31(29)39-26-17-11-12-25-34(43)40-41-35(44)45-36(3,4)5/h13-16,18-24,39H,2,10-12,17,25-27H2,1,3-9H3,(H,40,43)(H,41,44)/p+1. The van der Waals surface area contributed by atoms with Gasteiger partial charge in [-0.1, -0.05) is 89.7 Å². The Balaban J connectivity index is 1.55. The number of unbranched alkanes of at least 4 members (excludes halogenated alkanes) is 2. The summed E-state index contributed by atoms with van der Waals surface area (Å²) >= 11 is 0.